The zero-order valence-corrected chi connectivity index (χ0v) is 39.1. The molecule has 5 amide bonds. The van der Waals surface area contributed by atoms with E-state index in [9.17, 15) is 19.2 Å². The number of para-hydroxylation sites is 1. The van der Waals surface area contributed by atoms with Crippen LogP contribution >= 0.6 is 11.6 Å². The Bertz CT molecular complexity index is 2840. The number of imide groups is 1. The van der Waals surface area contributed by atoms with E-state index in [0.717, 1.165) is 86.6 Å². The number of fused-ring (bicyclic) bond motifs is 2. The Morgan fingerprint density at radius 1 is 0.971 bits per heavy atom. The summed E-state index contributed by atoms with van der Waals surface area (Å²) in [7, 11) is 3.19. The third kappa shape index (κ3) is 7.78. The number of rotatable bonds is 11. The Hall–Kier alpha value is -6.26. The fourth-order valence-corrected chi connectivity index (χ4v) is 12.0. The van der Waals surface area contributed by atoms with Gasteiger partial charge in [-0.15, -0.1) is 0 Å². The van der Waals surface area contributed by atoms with Crippen LogP contribution in [0, 0.1) is 23.0 Å². The summed E-state index contributed by atoms with van der Waals surface area (Å²) < 4.78 is 45.9. The minimum absolute atomic E-state index is 0.00716. The number of aryl methyl sites for hydroxylation is 1. The number of anilines is 2. The lowest BCUT2D eigenvalue weighted by atomic mass is 9.60. The van der Waals surface area contributed by atoms with Crippen molar-refractivity contribution in [3.05, 3.63) is 100 Å². The lowest BCUT2D eigenvalue weighted by Crippen LogP contribution is -2.56. The number of primary amides is 1. The Balaban J connectivity index is 0.762. The van der Waals surface area contributed by atoms with E-state index in [1.165, 1.54) is 30.2 Å². The molecule has 2 aliphatic carbocycles. The molecule has 2 unspecified atom stereocenters. The maximum absolute atomic E-state index is 16.2. The van der Waals surface area contributed by atoms with Crippen molar-refractivity contribution in [3.8, 4) is 22.6 Å². The standard InChI is InChI=1S/C51H55ClF2N8O6/c1-28-40-38(24-35(53)43(52)42(40)41-33(46(55)64)16-17-37(67-3)44(41)54)68-51(28,30-8-5-4-6-9-30)27-56-31-14-12-29(13-15-31)48(65)57-32-25-50(26-32)19-22-61(23-20-50)36-11-7-10-34-45(36)60(2)59-47(34)62-21-18-39(63)58-49(62)66/h4-11,16-17,24,28-29,31-32,56H,12-15,18-23,25-27H2,1-3H3,(H2,55,64)(H,57,65)(H,58,63,66). The molecule has 10 rings (SSSR count). The topological polar surface area (TPSA) is 173 Å². The predicted molar refractivity (Wildman–Crippen MR) is 254 cm³/mol. The van der Waals surface area contributed by atoms with Gasteiger partial charge in [-0.3, -0.25) is 29.3 Å². The Labute approximate surface area is 397 Å². The van der Waals surface area contributed by atoms with Gasteiger partial charge in [-0.2, -0.15) is 5.10 Å². The van der Waals surface area contributed by atoms with Crippen molar-refractivity contribution in [1.29, 1.82) is 0 Å². The molecule has 5 N–H and O–H groups in total. The van der Waals surface area contributed by atoms with E-state index >= 15 is 8.78 Å². The maximum atomic E-state index is 16.2. The molecule has 14 nitrogen and oxygen atoms in total. The molecule has 4 heterocycles. The molecule has 0 radical (unpaired) electrons. The first-order valence-corrected chi connectivity index (χ1v) is 23.9. The van der Waals surface area contributed by atoms with Crippen LogP contribution in [0.15, 0.2) is 66.7 Å². The second kappa shape index (κ2) is 17.7. The van der Waals surface area contributed by atoms with E-state index in [-0.39, 0.29) is 81.4 Å². The SMILES string of the molecule is COc1ccc(C(N)=O)c(-c2c(Cl)c(F)cc3c2C(C)C(CNC2CCC(C(=O)NC4CC5(CCN(c6cccc7c(N8CCC(=O)NC8=O)nn(C)c67)CC5)C4)CC2)(c2ccccc2)O3)c1F. The van der Waals surface area contributed by atoms with Gasteiger partial charge in [-0.1, -0.05) is 54.9 Å². The molecule has 356 valence electrons. The molecular formula is C51H55ClF2N8O6. The average molecular weight is 949 g/mol. The molecule has 2 atom stereocenters. The van der Waals surface area contributed by atoms with Gasteiger partial charge < -0.3 is 30.7 Å². The number of nitrogens with zero attached hydrogens (tertiary/aromatic N) is 4. The van der Waals surface area contributed by atoms with E-state index in [1.807, 2.05) is 61.1 Å². The molecule has 4 fully saturated rings. The number of urea groups is 1. The smallest absolute Gasteiger partial charge is 0.329 e. The largest absolute Gasteiger partial charge is 0.494 e. The summed E-state index contributed by atoms with van der Waals surface area (Å²) in [5, 5.41) is 14.8. The fraction of sp³-hybridized carbons (Fsp3) is 0.431. The number of amides is 5. The number of aromatic nitrogens is 2. The number of hydrogen-bond donors (Lipinski definition) is 4. The van der Waals surface area contributed by atoms with Crippen molar-refractivity contribution in [2.75, 3.05) is 43.1 Å². The highest BCUT2D eigenvalue weighted by molar-refractivity contribution is 6.34. The van der Waals surface area contributed by atoms with Crippen molar-refractivity contribution >= 4 is 57.8 Å². The van der Waals surface area contributed by atoms with Gasteiger partial charge in [-0.25, -0.2) is 13.6 Å². The summed E-state index contributed by atoms with van der Waals surface area (Å²) in [6.45, 7) is 4.28. The summed E-state index contributed by atoms with van der Waals surface area (Å²) in [6, 6.07) is 19.3. The van der Waals surface area contributed by atoms with Gasteiger partial charge in [0, 0.05) is 91.7 Å². The normalized spacial score (nSPS) is 23.5. The molecule has 5 aromatic rings. The minimum Gasteiger partial charge on any atom is -0.494 e. The first-order chi connectivity index (χ1) is 32.7. The van der Waals surface area contributed by atoms with Crippen LogP contribution in [0.5, 0.6) is 11.5 Å². The fourth-order valence-electron chi connectivity index (χ4n) is 11.8. The molecule has 3 aliphatic heterocycles. The number of piperidine rings is 1. The minimum atomic E-state index is -1.08. The molecule has 2 saturated heterocycles. The van der Waals surface area contributed by atoms with Crippen LogP contribution in [0.1, 0.15) is 92.1 Å². The lowest BCUT2D eigenvalue weighted by molar-refractivity contribution is -0.128. The quantitative estimate of drug-likeness (QED) is 0.103. The van der Waals surface area contributed by atoms with E-state index in [0.29, 0.717) is 17.9 Å². The highest BCUT2D eigenvalue weighted by Crippen LogP contribution is 2.57. The molecule has 1 aromatic heterocycles. The third-order valence-corrected chi connectivity index (χ3v) is 15.9. The molecule has 0 bridgehead atoms. The summed E-state index contributed by atoms with van der Waals surface area (Å²) in [6.07, 6.45) is 7.17. The number of halogens is 3. The van der Waals surface area contributed by atoms with Crippen LogP contribution < -0.4 is 41.0 Å². The van der Waals surface area contributed by atoms with Gasteiger partial charge >= 0.3 is 6.03 Å². The Kier molecular flexibility index (Phi) is 11.8. The van der Waals surface area contributed by atoms with Crippen molar-refractivity contribution in [1.82, 2.24) is 25.7 Å². The third-order valence-electron chi connectivity index (χ3n) is 15.5. The van der Waals surface area contributed by atoms with Crippen molar-refractivity contribution < 1.29 is 37.4 Å². The number of ether oxygens (including phenoxy) is 2. The van der Waals surface area contributed by atoms with Gasteiger partial charge in [0.05, 0.1) is 28.9 Å². The first-order valence-electron chi connectivity index (χ1n) is 23.5. The number of methoxy groups -OCH3 is 1. The molecule has 68 heavy (non-hydrogen) atoms. The summed E-state index contributed by atoms with van der Waals surface area (Å²) in [4.78, 5) is 54.8. The summed E-state index contributed by atoms with van der Waals surface area (Å²) in [5.74, 6) is -2.82. The van der Waals surface area contributed by atoms with Gasteiger partial charge in [0.2, 0.25) is 17.7 Å². The van der Waals surface area contributed by atoms with Crippen LogP contribution in [0.4, 0.5) is 25.1 Å². The monoisotopic (exact) mass is 948 g/mol. The van der Waals surface area contributed by atoms with Gasteiger partial charge in [-0.05, 0) is 86.6 Å². The van der Waals surface area contributed by atoms with Crippen LogP contribution in [-0.2, 0) is 22.2 Å². The predicted octanol–water partition coefficient (Wildman–Crippen LogP) is 7.83. The van der Waals surface area contributed by atoms with E-state index in [2.05, 4.69) is 26.9 Å². The second-order valence-corrected chi connectivity index (χ2v) is 19.7. The highest BCUT2D eigenvalue weighted by Gasteiger charge is 2.51. The van der Waals surface area contributed by atoms with Gasteiger partial charge in [0.1, 0.15) is 11.6 Å². The number of hydrogen-bond acceptors (Lipinski definition) is 9. The average Bonchev–Trinajstić information content (AvgIpc) is 3.81. The van der Waals surface area contributed by atoms with Crippen LogP contribution in [0.2, 0.25) is 5.02 Å². The molecule has 1 spiro atoms. The zero-order valence-electron chi connectivity index (χ0n) is 38.3. The first kappa shape index (κ1) is 45.5. The van der Waals surface area contributed by atoms with E-state index in [1.54, 1.807) is 0 Å². The van der Waals surface area contributed by atoms with E-state index in [4.69, 9.17) is 31.9 Å². The van der Waals surface area contributed by atoms with Crippen LogP contribution in [0.3, 0.4) is 0 Å². The maximum Gasteiger partial charge on any atom is 0.329 e. The van der Waals surface area contributed by atoms with Crippen LogP contribution in [0.25, 0.3) is 22.0 Å². The number of benzene rings is 4. The van der Waals surface area contributed by atoms with Crippen LogP contribution in [-0.4, -0.2) is 78.9 Å². The molecule has 5 aliphatic rings. The van der Waals surface area contributed by atoms with Crippen molar-refractivity contribution in [2.24, 2.45) is 24.1 Å². The lowest BCUT2D eigenvalue weighted by Gasteiger charge is -2.53. The second-order valence-electron chi connectivity index (χ2n) is 19.3. The molecule has 4 aromatic carbocycles. The number of carbonyl (C=O) groups excluding carboxylic acids is 4. The number of nitrogens with two attached hydrogens (primary N) is 1. The van der Waals surface area contributed by atoms with Crippen molar-refractivity contribution in [3.63, 3.8) is 0 Å². The Morgan fingerprint density at radius 2 is 1.71 bits per heavy atom. The molecular weight excluding hydrogens is 894 g/mol. The highest BCUT2D eigenvalue weighted by atomic mass is 35.5. The zero-order chi connectivity index (χ0) is 47.6. The number of nitrogens with one attached hydrogen (secondary N) is 3. The summed E-state index contributed by atoms with van der Waals surface area (Å²) >= 11 is 6.69. The molecule has 2 saturated carbocycles. The molecule has 17 heteroatoms. The summed E-state index contributed by atoms with van der Waals surface area (Å²) in [5.41, 5.74) is 7.73. The van der Waals surface area contributed by atoms with Gasteiger partial charge in [0.15, 0.2) is 23.0 Å². The van der Waals surface area contributed by atoms with Crippen molar-refractivity contribution in [2.45, 2.75) is 88.3 Å². The van der Waals surface area contributed by atoms with E-state index < -0.39 is 35.1 Å². The Morgan fingerprint density at radius 3 is 2.40 bits per heavy atom. The van der Waals surface area contributed by atoms with Gasteiger partial charge in [0.25, 0.3) is 0 Å². The number of carbonyl (C=O) groups is 4.